The summed E-state index contributed by atoms with van der Waals surface area (Å²) in [7, 11) is 0. The van der Waals surface area contributed by atoms with Crippen LogP contribution in [0.15, 0.2) is 79.0 Å². The molecule has 0 spiro atoms. The lowest BCUT2D eigenvalue weighted by Gasteiger charge is -2.14. The van der Waals surface area contributed by atoms with E-state index in [0.29, 0.717) is 32.6 Å². The van der Waals surface area contributed by atoms with Crippen molar-refractivity contribution in [3.8, 4) is 39.8 Å². The third kappa shape index (κ3) is 3.48. The SMILES string of the molecule is N#Cc1c(-c2ccc(Cl)cc2Cl)cc(-c2ccccn2)nc1-c1ccccc1. The molecule has 0 N–H and O–H groups in total. The molecule has 134 valence electrons. The quantitative estimate of drug-likeness (QED) is 0.385. The number of pyridine rings is 2. The summed E-state index contributed by atoms with van der Waals surface area (Å²) < 4.78 is 0. The van der Waals surface area contributed by atoms with Crippen LogP contribution in [0.4, 0.5) is 0 Å². The second-order valence-corrected chi connectivity index (χ2v) is 6.94. The van der Waals surface area contributed by atoms with Gasteiger partial charge in [0.1, 0.15) is 6.07 Å². The minimum atomic E-state index is 0.454. The molecule has 2 heterocycles. The maximum atomic E-state index is 9.95. The number of aromatic nitrogens is 2. The van der Waals surface area contributed by atoms with Crippen LogP contribution in [0, 0.1) is 11.3 Å². The van der Waals surface area contributed by atoms with Crippen LogP contribution in [0.3, 0.4) is 0 Å². The van der Waals surface area contributed by atoms with Gasteiger partial charge in [-0.15, -0.1) is 0 Å². The minimum Gasteiger partial charge on any atom is -0.255 e. The summed E-state index contributed by atoms with van der Waals surface area (Å²) in [6.07, 6.45) is 1.71. The molecule has 28 heavy (non-hydrogen) atoms. The van der Waals surface area contributed by atoms with Crippen LogP contribution in [-0.2, 0) is 0 Å². The molecular weight excluding hydrogens is 389 g/mol. The molecule has 0 aliphatic heterocycles. The van der Waals surface area contributed by atoms with Crippen LogP contribution in [-0.4, -0.2) is 9.97 Å². The van der Waals surface area contributed by atoms with E-state index in [2.05, 4.69) is 11.1 Å². The van der Waals surface area contributed by atoms with Gasteiger partial charge in [0.2, 0.25) is 0 Å². The smallest absolute Gasteiger partial charge is 0.102 e. The van der Waals surface area contributed by atoms with Gasteiger partial charge in [-0.2, -0.15) is 5.26 Å². The number of hydrogen-bond donors (Lipinski definition) is 0. The topological polar surface area (TPSA) is 49.6 Å². The second kappa shape index (κ2) is 7.82. The number of rotatable bonds is 3. The van der Waals surface area contributed by atoms with Crippen LogP contribution in [0.25, 0.3) is 33.8 Å². The third-order valence-electron chi connectivity index (χ3n) is 4.33. The predicted molar refractivity (Wildman–Crippen MR) is 113 cm³/mol. The van der Waals surface area contributed by atoms with Crippen molar-refractivity contribution in [1.82, 2.24) is 9.97 Å². The molecule has 0 saturated carbocycles. The Bertz CT molecular complexity index is 1180. The van der Waals surface area contributed by atoms with Crippen molar-refractivity contribution in [3.63, 3.8) is 0 Å². The van der Waals surface area contributed by atoms with Crippen LogP contribution in [0.2, 0.25) is 10.0 Å². The van der Waals surface area contributed by atoms with Crippen LogP contribution >= 0.6 is 23.2 Å². The van der Waals surface area contributed by atoms with Crippen LogP contribution in [0.1, 0.15) is 5.56 Å². The fraction of sp³-hybridized carbons (Fsp3) is 0. The monoisotopic (exact) mass is 401 g/mol. The van der Waals surface area contributed by atoms with Crippen molar-refractivity contribution in [2.45, 2.75) is 0 Å². The van der Waals surface area contributed by atoms with Gasteiger partial charge in [-0.1, -0.05) is 65.7 Å². The van der Waals surface area contributed by atoms with E-state index in [4.69, 9.17) is 28.2 Å². The van der Waals surface area contributed by atoms with E-state index in [0.717, 1.165) is 16.8 Å². The van der Waals surface area contributed by atoms with Gasteiger partial charge in [-0.05, 0) is 30.3 Å². The lowest BCUT2D eigenvalue weighted by molar-refractivity contribution is 1.24. The fourth-order valence-corrected chi connectivity index (χ4v) is 3.54. The Hall–Kier alpha value is -3.19. The average molecular weight is 402 g/mol. The van der Waals surface area contributed by atoms with Crippen molar-refractivity contribution < 1.29 is 0 Å². The molecule has 5 heteroatoms. The molecule has 0 saturated heterocycles. The minimum absolute atomic E-state index is 0.454. The van der Waals surface area contributed by atoms with Crippen molar-refractivity contribution in [2.24, 2.45) is 0 Å². The maximum Gasteiger partial charge on any atom is 0.102 e. The van der Waals surface area contributed by atoms with E-state index >= 15 is 0 Å². The lowest BCUT2D eigenvalue weighted by atomic mass is 9.95. The molecule has 0 unspecified atom stereocenters. The fourth-order valence-electron chi connectivity index (χ4n) is 3.03. The van der Waals surface area contributed by atoms with E-state index in [1.807, 2.05) is 60.7 Å². The van der Waals surface area contributed by atoms with E-state index < -0.39 is 0 Å². The largest absolute Gasteiger partial charge is 0.255 e. The number of nitrogens with zero attached hydrogens (tertiary/aromatic N) is 3. The van der Waals surface area contributed by atoms with Gasteiger partial charge in [0.25, 0.3) is 0 Å². The Kier molecular flexibility index (Phi) is 5.08. The zero-order chi connectivity index (χ0) is 19.5. The van der Waals surface area contributed by atoms with E-state index in [-0.39, 0.29) is 0 Å². The summed E-state index contributed by atoms with van der Waals surface area (Å²) in [5.41, 5.74) is 4.69. The van der Waals surface area contributed by atoms with Gasteiger partial charge < -0.3 is 0 Å². The summed E-state index contributed by atoms with van der Waals surface area (Å²) >= 11 is 12.5. The second-order valence-electron chi connectivity index (χ2n) is 6.10. The highest BCUT2D eigenvalue weighted by atomic mass is 35.5. The number of benzene rings is 2. The van der Waals surface area contributed by atoms with E-state index in [1.54, 1.807) is 18.3 Å². The average Bonchev–Trinajstić information content (AvgIpc) is 2.74. The summed E-state index contributed by atoms with van der Waals surface area (Å²) in [6, 6.07) is 24.7. The molecular formula is C23H13Cl2N3. The summed E-state index contributed by atoms with van der Waals surface area (Å²) in [4.78, 5) is 9.17. The first-order valence-corrected chi connectivity index (χ1v) is 9.30. The number of halogens is 2. The van der Waals surface area contributed by atoms with Gasteiger partial charge >= 0.3 is 0 Å². The molecule has 2 aromatic carbocycles. The third-order valence-corrected chi connectivity index (χ3v) is 4.87. The molecule has 0 aliphatic carbocycles. The molecule has 0 radical (unpaired) electrons. The molecule has 0 fully saturated rings. The highest BCUT2D eigenvalue weighted by Crippen LogP contribution is 2.37. The van der Waals surface area contributed by atoms with E-state index in [1.165, 1.54) is 0 Å². The van der Waals surface area contributed by atoms with E-state index in [9.17, 15) is 5.26 Å². The van der Waals surface area contributed by atoms with Gasteiger partial charge in [-0.3, -0.25) is 4.98 Å². The van der Waals surface area contributed by atoms with Gasteiger partial charge in [0, 0.05) is 32.9 Å². The maximum absolute atomic E-state index is 9.95. The van der Waals surface area contributed by atoms with Crippen LogP contribution < -0.4 is 0 Å². The molecule has 0 amide bonds. The molecule has 4 rings (SSSR count). The Morgan fingerprint density at radius 1 is 0.786 bits per heavy atom. The lowest BCUT2D eigenvalue weighted by Crippen LogP contribution is -1.98. The van der Waals surface area contributed by atoms with Gasteiger partial charge in [-0.25, -0.2) is 4.98 Å². The van der Waals surface area contributed by atoms with Crippen molar-refractivity contribution in [3.05, 3.63) is 94.6 Å². The summed E-state index contributed by atoms with van der Waals surface area (Å²) in [6.45, 7) is 0. The molecule has 0 bridgehead atoms. The Balaban J connectivity index is 2.05. The molecule has 4 aromatic rings. The Morgan fingerprint density at radius 3 is 2.25 bits per heavy atom. The zero-order valence-corrected chi connectivity index (χ0v) is 16.1. The normalized spacial score (nSPS) is 10.5. The first-order chi connectivity index (χ1) is 13.7. The summed E-state index contributed by atoms with van der Waals surface area (Å²) in [5.74, 6) is 0. The summed E-state index contributed by atoms with van der Waals surface area (Å²) in [5, 5.41) is 11.0. The highest BCUT2D eigenvalue weighted by Gasteiger charge is 2.18. The molecule has 2 aromatic heterocycles. The Morgan fingerprint density at radius 2 is 1.57 bits per heavy atom. The highest BCUT2D eigenvalue weighted by molar-refractivity contribution is 6.36. The first kappa shape index (κ1) is 18.2. The number of hydrogen-bond acceptors (Lipinski definition) is 3. The van der Waals surface area contributed by atoms with Crippen molar-refractivity contribution in [1.29, 1.82) is 5.26 Å². The first-order valence-electron chi connectivity index (χ1n) is 8.55. The van der Waals surface area contributed by atoms with Gasteiger partial charge in [0.15, 0.2) is 0 Å². The van der Waals surface area contributed by atoms with Crippen molar-refractivity contribution >= 4 is 23.2 Å². The van der Waals surface area contributed by atoms with Crippen LogP contribution in [0.5, 0.6) is 0 Å². The standard InChI is InChI=1S/C23H13Cl2N3/c24-16-9-10-17(20(25)12-16)18-13-22(21-8-4-5-11-27-21)28-23(19(18)14-26)15-6-2-1-3-7-15/h1-13H. The number of nitriles is 1. The molecule has 0 atom stereocenters. The van der Waals surface area contributed by atoms with Gasteiger partial charge in [0.05, 0.1) is 22.6 Å². The van der Waals surface area contributed by atoms with Crippen molar-refractivity contribution in [2.75, 3.05) is 0 Å². The predicted octanol–water partition coefficient (Wildman–Crippen LogP) is 6.66. The Labute approximate surface area is 172 Å². The molecule has 3 nitrogen and oxygen atoms in total. The zero-order valence-electron chi connectivity index (χ0n) is 14.6. The molecule has 0 aliphatic rings.